The fourth-order valence-electron chi connectivity index (χ4n) is 3.75. The first kappa shape index (κ1) is 26.5. The summed E-state index contributed by atoms with van der Waals surface area (Å²) in [5.41, 5.74) is -0.420. The summed E-state index contributed by atoms with van der Waals surface area (Å²) in [6, 6.07) is 12.1. The van der Waals surface area contributed by atoms with Gasteiger partial charge in [-0.3, -0.25) is 9.59 Å². The maximum atomic E-state index is 13.2. The number of rotatable bonds is 5. The Kier molecular flexibility index (Phi) is 7.18. The van der Waals surface area contributed by atoms with Crippen molar-refractivity contribution in [2.75, 3.05) is 10.6 Å². The average molecular weight is 580 g/mol. The first-order valence-corrected chi connectivity index (χ1v) is 11.7. The Labute approximate surface area is 222 Å². The molecule has 36 heavy (non-hydrogen) atoms. The van der Waals surface area contributed by atoms with Crippen molar-refractivity contribution in [2.24, 2.45) is 5.92 Å². The van der Waals surface area contributed by atoms with E-state index in [0.717, 1.165) is 12.1 Å². The van der Waals surface area contributed by atoms with Gasteiger partial charge in [0.1, 0.15) is 10.2 Å². The van der Waals surface area contributed by atoms with E-state index in [1.807, 2.05) is 0 Å². The van der Waals surface area contributed by atoms with E-state index in [4.69, 9.17) is 46.4 Å². The number of amides is 2. The maximum Gasteiger partial charge on any atom is 0.416 e. The highest BCUT2D eigenvalue weighted by Crippen LogP contribution is 2.65. The van der Waals surface area contributed by atoms with Crippen molar-refractivity contribution in [3.05, 3.63) is 93.2 Å². The van der Waals surface area contributed by atoms with Crippen LogP contribution in [0.1, 0.15) is 27.4 Å². The highest BCUT2D eigenvalue weighted by molar-refractivity contribution is 6.53. The van der Waals surface area contributed by atoms with Crippen molar-refractivity contribution >= 4 is 69.6 Å². The normalized spacial score (nSPS) is 18.4. The summed E-state index contributed by atoms with van der Waals surface area (Å²) >= 11 is 24.5. The quantitative estimate of drug-likeness (QED) is 0.238. The second-order valence-electron chi connectivity index (χ2n) is 8.05. The molecular weight excluding hydrogens is 566 g/mol. The zero-order chi connectivity index (χ0) is 26.4. The number of anilines is 2. The molecule has 1 aliphatic rings. The Morgan fingerprint density at radius 3 is 2.14 bits per heavy atom. The number of carbonyl (C=O) groups excluding carboxylic acids is 2. The van der Waals surface area contributed by atoms with Crippen molar-refractivity contribution in [3.63, 3.8) is 0 Å². The van der Waals surface area contributed by atoms with Gasteiger partial charge in [-0.15, -0.1) is 23.2 Å². The molecule has 1 saturated carbocycles. The van der Waals surface area contributed by atoms with E-state index in [2.05, 4.69) is 10.6 Å². The third kappa shape index (κ3) is 5.57. The molecule has 0 aliphatic heterocycles. The van der Waals surface area contributed by atoms with Gasteiger partial charge >= 0.3 is 6.18 Å². The van der Waals surface area contributed by atoms with Crippen LogP contribution in [0.5, 0.6) is 0 Å². The standard InChI is InChI=1S/C24H14Cl4F4N2O2/c25-13-8-11(7-12(9-13)24(30,31)32)19-20(23(19,27)28)22(36)34-16-5-6-18(26)17(10-16)21(35)33-15-3-1-14(29)2-4-15/h1-10,19-20H,(H,33,35)(H,34,36). The summed E-state index contributed by atoms with van der Waals surface area (Å²) in [6.07, 6.45) is -4.65. The van der Waals surface area contributed by atoms with Crippen LogP contribution in [0.25, 0.3) is 0 Å². The predicted molar refractivity (Wildman–Crippen MR) is 132 cm³/mol. The van der Waals surface area contributed by atoms with E-state index in [9.17, 15) is 27.2 Å². The van der Waals surface area contributed by atoms with Crippen LogP contribution in [0.3, 0.4) is 0 Å². The Morgan fingerprint density at radius 2 is 1.50 bits per heavy atom. The zero-order valence-corrected chi connectivity index (χ0v) is 20.8. The van der Waals surface area contributed by atoms with Gasteiger partial charge < -0.3 is 10.6 Å². The fourth-order valence-corrected chi connectivity index (χ4v) is 5.03. The first-order chi connectivity index (χ1) is 16.8. The average Bonchev–Trinajstić information content (AvgIpc) is 3.37. The highest BCUT2D eigenvalue weighted by Gasteiger charge is 2.67. The lowest BCUT2D eigenvalue weighted by Crippen LogP contribution is -2.18. The van der Waals surface area contributed by atoms with Crippen LogP contribution in [-0.4, -0.2) is 16.1 Å². The van der Waals surface area contributed by atoms with Gasteiger partial charge in [-0.25, -0.2) is 4.39 Å². The maximum absolute atomic E-state index is 13.2. The second-order valence-corrected chi connectivity index (χ2v) is 10.3. The molecule has 2 amide bonds. The van der Waals surface area contributed by atoms with Gasteiger partial charge in [-0.1, -0.05) is 23.2 Å². The highest BCUT2D eigenvalue weighted by atomic mass is 35.5. The van der Waals surface area contributed by atoms with Crippen LogP contribution >= 0.6 is 46.4 Å². The fraction of sp³-hybridized carbons (Fsp3) is 0.167. The number of nitrogens with one attached hydrogen (secondary N) is 2. The largest absolute Gasteiger partial charge is 0.416 e. The minimum Gasteiger partial charge on any atom is -0.326 e. The molecule has 0 aromatic heterocycles. The van der Waals surface area contributed by atoms with Gasteiger partial charge in [0.2, 0.25) is 5.91 Å². The Bertz CT molecular complexity index is 1350. The number of hydrogen-bond donors (Lipinski definition) is 2. The molecule has 1 aliphatic carbocycles. The van der Waals surface area contributed by atoms with Crippen LogP contribution in [0, 0.1) is 11.7 Å². The van der Waals surface area contributed by atoms with E-state index in [1.54, 1.807) is 0 Å². The molecule has 2 unspecified atom stereocenters. The summed E-state index contributed by atoms with van der Waals surface area (Å²) in [6.45, 7) is 0. The molecular formula is C24H14Cl4F4N2O2. The number of halogens is 8. The molecule has 2 atom stereocenters. The monoisotopic (exact) mass is 578 g/mol. The Balaban J connectivity index is 1.52. The summed E-state index contributed by atoms with van der Waals surface area (Å²) in [5.74, 6) is -3.81. The lowest BCUT2D eigenvalue weighted by atomic mass is 10.0. The van der Waals surface area contributed by atoms with E-state index < -0.39 is 45.5 Å². The van der Waals surface area contributed by atoms with Gasteiger partial charge in [0.15, 0.2) is 0 Å². The molecule has 4 nitrogen and oxygen atoms in total. The number of alkyl halides is 5. The van der Waals surface area contributed by atoms with Crippen LogP contribution in [-0.2, 0) is 11.0 Å². The number of carbonyl (C=O) groups is 2. The van der Waals surface area contributed by atoms with Gasteiger partial charge in [-0.2, -0.15) is 13.2 Å². The van der Waals surface area contributed by atoms with Crippen molar-refractivity contribution in [2.45, 2.75) is 16.4 Å². The molecule has 188 valence electrons. The molecule has 1 fully saturated rings. The minimum absolute atomic E-state index is 0.0128. The Morgan fingerprint density at radius 1 is 0.861 bits per heavy atom. The summed E-state index contributed by atoms with van der Waals surface area (Å²) in [4.78, 5) is 25.6. The SMILES string of the molecule is O=C(Nc1ccc(F)cc1)c1cc(NC(=O)C2C(c3cc(Cl)cc(C(F)(F)F)c3)C2(Cl)Cl)ccc1Cl. The van der Waals surface area contributed by atoms with Gasteiger partial charge in [-0.05, 0) is 66.2 Å². The lowest BCUT2D eigenvalue weighted by molar-refractivity contribution is -0.137. The number of benzene rings is 3. The minimum atomic E-state index is -4.65. The van der Waals surface area contributed by atoms with E-state index in [-0.39, 0.29) is 26.9 Å². The zero-order valence-electron chi connectivity index (χ0n) is 17.8. The molecule has 3 aromatic carbocycles. The molecule has 3 aromatic rings. The molecule has 2 N–H and O–H groups in total. The third-order valence-electron chi connectivity index (χ3n) is 5.52. The molecule has 0 bridgehead atoms. The predicted octanol–water partition coefficient (Wildman–Crippen LogP) is 7.93. The van der Waals surface area contributed by atoms with E-state index in [1.165, 1.54) is 48.5 Å². The van der Waals surface area contributed by atoms with Crippen molar-refractivity contribution in [1.82, 2.24) is 0 Å². The Hall–Kier alpha value is -2.52. The smallest absolute Gasteiger partial charge is 0.326 e. The van der Waals surface area contributed by atoms with Crippen LogP contribution in [0.2, 0.25) is 10.0 Å². The summed E-state index contributed by atoms with van der Waals surface area (Å²) < 4.78 is 51.0. The molecule has 0 heterocycles. The van der Waals surface area contributed by atoms with Gasteiger partial charge in [0.25, 0.3) is 5.91 Å². The molecule has 12 heteroatoms. The summed E-state index contributed by atoms with van der Waals surface area (Å²) in [7, 11) is 0. The molecule has 0 saturated heterocycles. The first-order valence-electron chi connectivity index (χ1n) is 10.2. The topological polar surface area (TPSA) is 58.2 Å². The molecule has 0 radical (unpaired) electrons. The van der Waals surface area contributed by atoms with Crippen molar-refractivity contribution < 1.29 is 27.2 Å². The van der Waals surface area contributed by atoms with E-state index >= 15 is 0 Å². The third-order valence-corrected chi connectivity index (χ3v) is 7.01. The van der Waals surface area contributed by atoms with Crippen LogP contribution in [0.15, 0.2) is 60.7 Å². The number of hydrogen-bond acceptors (Lipinski definition) is 2. The molecule has 4 rings (SSSR count). The molecule has 0 spiro atoms. The summed E-state index contributed by atoms with van der Waals surface area (Å²) in [5, 5.41) is 5.02. The van der Waals surface area contributed by atoms with E-state index in [0.29, 0.717) is 5.69 Å². The lowest BCUT2D eigenvalue weighted by Gasteiger charge is -2.11. The second kappa shape index (κ2) is 9.74. The van der Waals surface area contributed by atoms with Crippen molar-refractivity contribution in [3.8, 4) is 0 Å². The van der Waals surface area contributed by atoms with Gasteiger partial charge in [0.05, 0.1) is 22.1 Å². The van der Waals surface area contributed by atoms with Crippen molar-refractivity contribution in [1.29, 1.82) is 0 Å². The van der Waals surface area contributed by atoms with Crippen LogP contribution in [0.4, 0.5) is 28.9 Å². The van der Waals surface area contributed by atoms with Gasteiger partial charge in [0, 0.05) is 22.3 Å². The van der Waals surface area contributed by atoms with Crippen LogP contribution < -0.4 is 10.6 Å².